The summed E-state index contributed by atoms with van der Waals surface area (Å²) in [4.78, 5) is 14.6. The first-order chi connectivity index (χ1) is 9.24. The second-order valence-corrected chi connectivity index (χ2v) is 6.27. The normalized spacial score (nSPS) is 19.2. The van der Waals surface area contributed by atoms with Crippen LogP contribution in [0.3, 0.4) is 0 Å². The topological polar surface area (TPSA) is 20.3 Å². The van der Waals surface area contributed by atoms with E-state index in [-0.39, 0.29) is 5.91 Å². The molecule has 0 unspecified atom stereocenters. The van der Waals surface area contributed by atoms with Gasteiger partial charge in [-0.3, -0.25) is 4.79 Å². The van der Waals surface area contributed by atoms with E-state index in [0.29, 0.717) is 5.41 Å². The van der Waals surface area contributed by atoms with Crippen LogP contribution in [0, 0.1) is 5.41 Å². The molecule has 2 aliphatic rings. The van der Waals surface area contributed by atoms with Crippen LogP contribution in [0.5, 0.6) is 0 Å². The molecule has 0 spiro atoms. The first kappa shape index (κ1) is 11.5. The number of benzene rings is 2. The van der Waals surface area contributed by atoms with Gasteiger partial charge in [-0.05, 0) is 35.8 Å². The van der Waals surface area contributed by atoms with Gasteiger partial charge in [-0.15, -0.1) is 0 Å². The van der Waals surface area contributed by atoms with Crippen LogP contribution in [0.15, 0.2) is 36.4 Å². The summed E-state index contributed by atoms with van der Waals surface area (Å²) >= 11 is 3.59. The van der Waals surface area contributed by atoms with Crippen molar-refractivity contribution in [3.63, 3.8) is 0 Å². The fourth-order valence-corrected chi connectivity index (χ4v) is 3.72. The molecule has 1 amide bonds. The number of hydrogen-bond acceptors (Lipinski definition) is 1. The Hall–Kier alpha value is -1.35. The van der Waals surface area contributed by atoms with E-state index in [0.717, 1.165) is 33.9 Å². The number of carbonyl (C=O) groups is 1. The molecule has 1 aliphatic heterocycles. The first-order valence-electron chi connectivity index (χ1n) is 6.64. The number of halogens is 1. The molecule has 2 nitrogen and oxygen atoms in total. The molecule has 0 bridgehead atoms. The Balaban J connectivity index is 1.85. The number of anilines is 1. The second-order valence-electron chi connectivity index (χ2n) is 5.71. The van der Waals surface area contributed by atoms with Gasteiger partial charge in [-0.25, -0.2) is 0 Å². The average Bonchev–Trinajstić information content (AvgIpc) is 3.18. The fourth-order valence-electron chi connectivity index (χ4n) is 2.98. The molecule has 1 heterocycles. The second kappa shape index (κ2) is 3.83. The lowest BCUT2D eigenvalue weighted by atomic mass is 10.1. The molecule has 96 valence electrons. The van der Waals surface area contributed by atoms with Crippen molar-refractivity contribution in [2.75, 3.05) is 16.8 Å². The van der Waals surface area contributed by atoms with Gasteiger partial charge in [0.2, 0.25) is 0 Å². The summed E-state index contributed by atoms with van der Waals surface area (Å²) in [6.45, 7) is 0.838. The molecule has 0 saturated heterocycles. The lowest BCUT2D eigenvalue weighted by Gasteiger charge is -2.23. The number of alkyl halides is 1. The number of amides is 1. The molecule has 2 aromatic carbocycles. The van der Waals surface area contributed by atoms with Crippen LogP contribution in [0.2, 0.25) is 0 Å². The highest BCUT2D eigenvalue weighted by Gasteiger charge is 2.45. The predicted octanol–water partition coefficient (Wildman–Crippen LogP) is 3.98. The molecule has 0 atom stereocenters. The standard InChI is InChI=1S/C16H14BrNO/c17-9-16(7-8-16)10-18-13-6-2-4-11-3-1-5-12(14(11)13)15(18)19/h1-6H,7-10H2. The monoisotopic (exact) mass is 315 g/mol. The van der Waals surface area contributed by atoms with Gasteiger partial charge in [0.1, 0.15) is 0 Å². The van der Waals surface area contributed by atoms with Crippen LogP contribution in [-0.4, -0.2) is 17.8 Å². The van der Waals surface area contributed by atoms with Crippen LogP contribution in [0.4, 0.5) is 5.69 Å². The van der Waals surface area contributed by atoms with Crippen LogP contribution < -0.4 is 4.90 Å². The van der Waals surface area contributed by atoms with E-state index in [1.807, 2.05) is 23.1 Å². The Morgan fingerprint density at radius 1 is 1.16 bits per heavy atom. The smallest absolute Gasteiger partial charge is 0.259 e. The van der Waals surface area contributed by atoms with Gasteiger partial charge in [-0.1, -0.05) is 40.2 Å². The van der Waals surface area contributed by atoms with E-state index in [9.17, 15) is 4.79 Å². The van der Waals surface area contributed by atoms with Gasteiger partial charge in [-0.2, -0.15) is 0 Å². The van der Waals surface area contributed by atoms with Crippen molar-refractivity contribution in [3.05, 3.63) is 42.0 Å². The number of carbonyl (C=O) groups excluding carboxylic acids is 1. The Kier molecular flexibility index (Phi) is 2.31. The van der Waals surface area contributed by atoms with Gasteiger partial charge in [0.15, 0.2) is 0 Å². The highest BCUT2D eigenvalue weighted by atomic mass is 79.9. The summed E-state index contributed by atoms with van der Waals surface area (Å²) in [6, 6.07) is 12.2. The molecule has 0 aromatic heterocycles. The van der Waals surface area contributed by atoms with Crippen LogP contribution in [-0.2, 0) is 0 Å². The summed E-state index contributed by atoms with van der Waals surface area (Å²) in [6.07, 6.45) is 2.43. The minimum atomic E-state index is 0.166. The van der Waals surface area contributed by atoms with Crippen molar-refractivity contribution >= 4 is 38.3 Å². The van der Waals surface area contributed by atoms with E-state index < -0.39 is 0 Å². The maximum absolute atomic E-state index is 12.6. The largest absolute Gasteiger partial charge is 0.307 e. The molecule has 1 aliphatic carbocycles. The third-order valence-electron chi connectivity index (χ3n) is 4.38. The Bertz CT molecular complexity index is 685. The quantitative estimate of drug-likeness (QED) is 0.785. The van der Waals surface area contributed by atoms with E-state index in [2.05, 4.69) is 34.1 Å². The van der Waals surface area contributed by atoms with Crippen molar-refractivity contribution in [3.8, 4) is 0 Å². The first-order valence-corrected chi connectivity index (χ1v) is 7.76. The van der Waals surface area contributed by atoms with Crippen molar-refractivity contribution in [2.45, 2.75) is 12.8 Å². The van der Waals surface area contributed by atoms with Crippen molar-refractivity contribution in [2.24, 2.45) is 5.41 Å². The third kappa shape index (κ3) is 1.57. The zero-order valence-corrected chi connectivity index (χ0v) is 12.1. The summed E-state index contributed by atoms with van der Waals surface area (Å²) < 4.78 is 0. The average molecular weight is 316 g/mol. The van der Waals surface area contributed by atoms with Crippen LogP contribution in [0.1, 0.15) is 23.2 Å². The van der Waals surface area contributed by atoms with E-state index >= 15 is 0 Å². The molecule has 3 heteroatoms. The van der Waals surface area contributed by atoms with Crippen LogP contribution in [0.25, 0.3) is 10.8 Å². The summed E-state index contributed by atoms with van der Waals surface area (Å²) in [5, 5.41) is 3.27. The van der Waals surface area contributed by atoms with E-state index in [1.165, 1.54) is 12.8 Å². The molecule has 1 saturated carbocycles. The minimum absolute atomic E-state index is 0.166. The highest BCUT2D eigenvalue weighted by Crippen LogP contribution is 2.50. The van der Waals surface area contributed by atoms with E-state index in [1.54, 1.807) is 0 Å². The molecule has 19 heavy (non-hydrogen) atoms. The van der Waals surface area contributed by atoms with Gasteiger partial charge in [0, 0.05) is 22.8 Å². The molecule has 4 rings (SSSR count). The van der Waals surface area contributed by atoms with Crippen molar-refractivity contribution in [1.29, 1.82) is 0 Å². The van der Waals surface area contributed by atoms with Crippen molar-refractivity contribution < 1.29 is 4.79 Å². The number of nitrogens with zero attached hydrogens (tertiary/aromatic N) is 1. The van der Waals surface area contributed by atoms with Crippen LogP contribution >= 0.6 is 15.9 Å². The summed E-state index contributed by atoms with van der Waals surface area (Å²) in [5.41, 5.74) is 2.25. The Labute approximate surface area is 120 Å². The maximum atomic E-state index is 12.6. The molecular weight excluding hydrogens is 302 g/mol. The number of hydrogen-bond donors (Lipinski definition) is 0. The number of rotatable bonds is 3. The van der Waals surface area contributed by atoms with Gasteiger partial charge in [0.05, 0.1) is 5.69 Å². The molecule has 2 aromatic rings. The minimum Gasteiger partial charge on any atom is -0.307 e. The summed E-state index contributed by atoms with van der Waals surface area (Å²) in [7, 11) is 0. The predicted molar refractivity (Wildman–Crippen MR) is 81.1 cm³/mol. The van der Waals surface area contributed by atoms with Gasteiger partial charge >= 0.3 is 0 Å². The Morgan fingerprint density at radius 2 is 1.89 bits per heavy atom. The maximum Gasteiger partial charge on any atom is 0.259 e. The van der Waals surface area contributed by atoms with Gasteiger partial charge < -0.3 is 4.90 Å². The summed E-state index contributed by atoms with van der Waals surface area (Å²) in [5.74, 6) is 0.166. The highest BCUT2D eigenvalue weighted by molar-refractivity contribution is 9.09. The van der Waals surface area contributed by atoms with Crippen molar-refractivity contribution in [1.82, 2.24) is 0 Å². The molecule has 0 radical (unpaired) electrons. The molecule has 0 N–H and O–H groups in total. The zero-order valence-electron chi connectivity index (χ0n) is 10.5. The fraction of sp³-hybridized carbons (Fsp3) is 0.312. The third-order valence-corrected chi connectivity index (χ3v) is 5.57. The van der Waals surface area contributed by atoms with E-state index in [4.69, 9.17) is 0 Å². The SMILES string of the molecule is O=C1c2cccc3cccc(c23)N1CC1(CBr)CC1. The molecular formula is C16H14BrNO. The molecule has 1 fully saturated rings. The Morgan fingerprint density at radius 3 is 2.58 bits per heavy atom. The zero-order chi connectivity index (χ0) is 13.0. The lowest BCUT2D eigenvalue weighted by molar-refractivity contribution is 0.0989. The van der Waals surface area contributed by atoms with Gasteiger partial charge in [0.25, 0.3) is 5.91 Å². The lowest BCUT2D eigenvalue weighted by Crippen LogP contribution is -2.33.